The predicted molar refractivity (Wildman–Crippen MR) is 255 cm³/mol. The third kappa shape index (κ3) is 4.14. The lowest BCUT2D eigenvalue weighted by atomic mass is 9.69. The lowest BCUT2D eigenvalue weighted by molar-refractivity contribution is 0.669. The molecule has 13 aromatic rings. The lowest BCUT2D eigenvalue weighted by Gasteiger charge is -2.32. The summed E-state index contributed by atoms with van der Waals surface area (Å²) in [5, 5.41) is 9.54. The minimum atomic E-state index is -0.491. The highest BCUT2D eigenvalue weighted by Crippen LogP contribution is 2.65. The summed E-state index contributed by atoms with van der Waals surface area (Å²) in [6.07, 6.45) is 0. The zero-order chi connectivity index (χ0) is 41.0. The average molecular weight is 801 g/mol. The molecule has 0 aliphatic heterocycles. The fourth-order valence-electron chi connectivity index (χ4n) is 11.6. The van der Waals surface area contributed by atoms with Crippen LogP contribution >= 0.6 is 0 Å². The molecular weight excluding hydrogens is 769 g/mol. The number of hydrogen-bond donors (Lipinski definition) is 0. The molecular formula is C58H32N4O. The Morgan fingerprint density at radius 1 is 0.365 bits per heavy atom. The summed E-state index contributed by atoms with van der Waals surface area (Å²) in [4.78, 5) is 15.8. The van der Waals surface area contributed by atoms with Crippen LogP contribution in [-0.2, 0) is 5.41 Å². The highest BCUT2D eigenvalue weighted by atomic mass is 16.3. The van der Waals surface area contributed by atoms with Gasteiger partial charge in [0.1, 0.15) is 11.2 Å². The minimum Gasteiger partial charge on any atom is -0.456 e. The van der Waals surface area contributed by atoms with Crippen LogP contribution in [-0.4, -0.2) is 19.5 Å². The summed E-state index contributed by atoms with van der Waals surface area (Å²) < 4.78 is 8.62. The standard InChI is InChI=1S/C58H32N4O/c1-2-14-33(15-3-1)55-59-56(34-28-29-39-38-19-7-11-27-49(38)63-50(39)32-34)61-57(60-55)62-47-25-12-20-40-41-30-31-42-37-18-6-10-24-46(37)58(44-22-8-4-16-35(44)36-17-5-9-23-45(36)58)54(42)51(41)43-21-13-26-48(62)53(43)52(40)47/h1-32H. The lowest BCUT2D eigenvalue weighted by Crippen LogP contribution is -2.26. The Labute approximate surface area is 360 Å². The van der Waals surface area contributed by atoms with Crippen LogP contribution in [0.4, 0.5) is 0 Å². The fourth-order valence-corrected chi connectivity index (χ4v) is 11.6. The maximum absolute atomic E-state index is 6.36. The number of fused-ring (bicyclic) bond motifs is 17. The van der Waals surface area contributed by atoms with E-state index >= 15 is 0 Å². The SMILES string of the molecule is c1ccc(-c2nc(-c3ccc4c(c3)oc3ccccc34)nc(-n3c4cccc5c6ccc7c(c6c6cccc3c6c54)C3(c4ccccc4-c4ccccc43)c3ccccc3-7)n2)cc1. The van der Waals surface area contributed by atoms with Crippen molar-refractivity contribution in [3.63, 3.8) is 0 Å². The van der Waals surface area contributed by atoms with Crippen molar-refractivity contribution in [3.8, 4) is 51.0 Å². The number of hydrogen-bond acceptors (Lipinski definition) is 4. The van der Waals surface area contributed by atoms with Gasteiger partial charge in [-0.1, -0.05) is 164 Å². The maximum atomic E-state index is 6.36. The van der Waals surface area contributed by atoms with E-state index in [4.69, 9.17) is 19.4 Å². The van der Waals surface area contributed by atoms with Gasteiger partial charge in [0.2, 0.25) is 5.95 Å². The van der Waals surface area contributed by atoms with Crippen LogP contribution in [0, 0.1) is 0 Å². The summed E-state index contributed by atoms with van der Waals surface area (Å²) in [6.45, 7) is 0. The molecule has 0 N–H and O–H groups in total. The molecule has 15 rings (SSSR count). The Hall–Kier alpha value is -8.41. The Morgan fingerprint density at radius 3 is 1.63 bits per heavy atom. The van der Waals surface area contributed by atoms with Crippen molar-refractivity contribution in [2.24, 2.45) is 0 Å². The first kappa shape index (κ1) is 33.3. The van der Waals surface area contributed by atoms with Gasteiger partial charge in [0.15, 0.2) is 11.6 Å². The van der Waals surface area contributed by atoms with Gasteiger partial charge in [0, 0.05) is 32.7 Å². The molecule has 0 saturated carbocycles. The molecule has 0 unspecified atom stereocenters. The van der Waals surface area contributed by atoms with E-state index in [2.05, 4.69) is 162 Å². The van der Waals surface area contributed by atoms with E-state index in [-0.39, 0.29) is 0 Å². The summed E-state index contributed by atoms with van der Waals surface area (Å²) in [7, 11) is 0. The van der Waals surface area contributed by atoms with Gasteiger partial charge in [-0.15, -0.1) is 0 Å². The van der Waals surface area contributed by atoms with Crippen LogP contribution in [0.5, 0.6) is 0 Å². The predicted octanol–water partition coefficient (Wildman–Crippen LogP) is 14.3. The molecule has 3 heterocycles. The summed E-state index contributed by atoms with van der Waals surface area (Å²) in [5.74, 6) is 1.76. The van der Waals surface area contributed by atoms with Crippen LogP contribution in [0.1, 0.15) is 22.3 Å². The number of rotatable bonds is 3. The smallest absolute Gasteiger partial charge is 0.238 e. The van der Waals surface area contributed by atoms with Gasteiger partial charge in [-0.25, -0.2) is 4.98 Å². The summed E-state index contributed by atoms with van der Waals surface area (Å²) >= 11 is 0. The molecule has 0 bridgehead atoms. The van der Waals surface area contributed by atoms with Crippen LogP contribution in [0.15, 0.2) is 199 Å². The molecule has 1 spiro atoms. The van der Waals surface area contributed by atoms with Crippen LogP contribution < -0.4 is 0 Å². The zero-order valence-corrected chi connectivity index (χ0v) is 33.7. The number of benzene rings is 10. The van der Waals surface area contributed by atoms with E-state index in [0.29, 0.717) is 17.6 Å². The largest absolute Gasteiger partial charge is 0.456 e. The monoisotopic (exact) mass is 800 g/mol. The molecule has 5 heteroatoms. The molecule has 5 nitrogen and oxygen atoms in total. The van der Waals surface area contributed by atoms with Crippen molar-refractivity contribution in [2.45, 2.75) is 5.41 Å². The van der Waals surface area contributed by atoms with Gasteiger partial charge in [0.05, 0.1) is 16.4 Å². The van der Waals surface area contributed by atoms with E-state index in [1.54, 1.807) is 0 Å². The third-order valence-electron chi connectivity index (χ3n) is 14.0. The number of nitrogens with zero attached hydrogens (tertiary/aromatic N) is 4. The number of aromatic nitrogens is 4. The molecule has 0 saturated heterocycles. The van der Waals surface area contributed by atoms with E-state index in [1.165, 1.54) is 76.8 Å². The van der Waals surface area contributed by atoms with Crippen molar-refractivity contribution in [1.29, 1.82) is 0 Å². The molecule has 0 amide bonds. The van der Waals surface area contributed by atoms with Crippen molar-refractivity contribution in [2.75, 3.05) is 0 Å². The molecule has 0 fully saturated rings. The van der Waals surface area contributed by atoms with Gasteiger partial charge in [-0.05, 0) is 96.4 Å². The molecule has 2 aliphatic carbocycles. The highest BCUT2D eigenvalue weighted by Gasteiger charge is 2.52. The van der Waals surface area contributed by atoms with Gasteiger partial charge < -0.3 is 4.42 Å². The Kier molecular flexibility index (Phi) is 6.30. The second-order valence-electron chi connectivity index (χ2n) is 17.0. The van der Waals surface area contributed by atoms with Gasteiger partial charge in [-0.2, -0.15) is 9.97 Å². The Balaban J connectivity index is 1.05. The molecule has 2 aliphatic rings. The maximum Gasteiger partial charge on any atom is 0.238 e. The number of furan rings is 1. The van der Waals surface area contributed by atoms with Crippen LogP contribution in [0.3, 0.4) is 0 Å². The summed E-state index contributed by atoms with van der Waals surface area (Å²) in [6, 6.07) is 70.1. The van der Waals surface area contributed by atoms with Crippen molar-refractivity contribution < 1.29 is 4.42 Å². The third-order valence-corrected chi connectivity index (χ3v) is 14.0. The molecule has 0 atom stereocenters. The molecule has 10 aromatic carbocycles. The molecule has 290 valence electrons. The van der Waals surface area contributed by atoms with Crippen LogP contribution in [0.2, 0.25) is 0 Å². The van der Waals surface area contributed by atoms with E-state index in [1.807, 2.05) is 36.4 Å². The first-order chi connectivity index (χ1) is 31.3. The normalized spacial score (nSPS) is 13.5. The molecule has 0 radical (unpaired) electrons. The van der Waals surface area contributed by atoms with Gasteiger partial charge in [-0.3, -0.25) is 4.57 Å². The Bertz CT molecular complexity index is 4040. The molecule has 3 aromatic heterocycles. The highest BCUT2D eigenvalue weighted by molar-refractivity contribution is 6.35. The Morgan fingerprint density at radius 2 is 0.905 bits per heavy atom. The first-order valence-electron chi connectivity index (χ1n) is 21.5. The number of para-hydroxylation sites is 1. The zero-order valence-electron chi connectivity index (χ0n) is 33.7. The van der Waals surface area contributed by atoms with Gasteiger partial charge >= 0.3 is 0 Å². The summed E-state index contributed by atoms with van der Waals surface area (Å²) in [5.41, 5.74) is 15.6. The second-order valence-corrected chi connectivity index (χ2v) is 17.0. The van der Waals surface area contributed by atoms with Crippen molar-refractivity contribution >= 4 is 65.3 Å². The topological polar surface area (TPSA) is 56.7 Å². The van der Waals surface area contributed by atoms with Crippen LogP contribution in [0.25, 0.3) is 116 Å². The fraction of sp³-hybridized carbons (Fsp3) is 0.0172. The van der Waals surface area contributed by atoms with E-state index in [0.717, 1.165) is 44.1 Å². The van der Waals surface area contributed by atoms with Crippen molar-refractivity contribution in [3.05, 3.63) is 216 Å². The van der Waals surface area contributed by atoms with Crippen molar-refractivity contribution in [1.82, 2.24) is 19.5 Å². The van der Waals surface area contributed by atoms with E-state index in [9.17, 15) is 0 Å². The second kappa shape index (κ2) is 11.9. The first-order valence-corrected chi connectivity index (χ1v) is 21.5. The average Bonchev–Trinajstić information content (AvgIpc) is 4.07. The minimum absolute atomic E-state index is 0.491. The quantitative estimate of drug-likeness (QED) is 0.167. The molecule has 63 heavy (non-hydrogen) atoms. The van der Waals surface area contributed by atoms with Gasteiger partial charge in [0.25, 0.3) is 0 Å². The van der Waals surface area contributed by atoms with E-state index < -0.39 is 5.41 Å².